The van der Waals surface area contributed by atoms with Crippen LogP contribution in [0.4, 0.5) is 0 Å². The van der Waals surface area contributed by atoms with Gasteiger partial charge >= 0.3 is 0 Å². The molecule has 1 atom stereocenters. The normalized spacial score (nSPS) is 23.4. The van der Waals surface area contributed by atoms with Gasteiger partial charge in [-0.2, -0.15) is 5.10 Å². The van der Waals surface area contributed by atoms with Gasteiger partial charge in [-0.1, -0.05) is 18.9 Å². The van der Waals surface area contributed by atoms with E-state index < -0.39 is 0 Å². The fourth-order valence-corrected chi connectivity index (χ4v) is 4.39. The molecule has 0 aromatic carbocycles. The standard InChI is InChI=1S/C21H32N4O/c1-2-11-25-19-10-9-17(22-15-16-7-8-16)14-18(19)20(23-25)21(26)24-12-5-3-4-6-13-24/h2,16-17,22H,1,3-15H2. The molecule has 2 fully saturated rings. The van der Waals surface area contributed by atoms with E-state index in [-0.39, 0.29) is 5.91 Å². The van der Waals surface area contributed by atoms with Crippen LogP contribution in [0.5, 0.6) is 0 Å². The van der Waals surface area contributed by atoms with Crippen molar-refractivity contribution in [2.75, 3.05) is 19.6 Å². The number of hydrogen-bond acceptors (Lipinski definition) is 3. The number of nitrogens with one attached hydrogen (secondary N) is 1. The van der Waals surface area contributed by atoms with Crippen molar-refractivity contribution in [3.63, 3.8) is 0 Å². The minimum Gasteiger partial charge on any atom is -0.337 e. The maximum absolute atomic E-state index is 13.2. The first-order valence-electron chi connectivity index (χ1n) is 10.5. The van der Waals surface area contributed by atoms with Crippen LogP contribution in [0.15, 0.2) is 12.7 Å². The van der Waals surface area contributed by atoms with Crippen LogP contribution < -0.4 is 5.32 Å². The highest BCUT2D eigenvalue weighted by Crippen LogP contribution is 2.30. The van der Waals surface area contributed by atoms with Crippen LogP contribution in [0.1, 0.15) is 66.7 Å². The molecule has 1 saturated carbocycles. The van der Waals surface area contributed by atoms with E-state index in [0.717, 1.165) is 57.7 Å². The Morgan fingerprint density at radius 3 is 2.65 bits per heavy atom. The predicted octanol–water partition coefficient (Wildman–Crippen LogP) is 2.94. The average molecular weight is 357 g/mol. The third kappa shape index (κ3) is 3.88. The lowest BCUT2D eigenvalue weighted by Crippen LogP contribution is -2.37. The van der Waals surface area contributed by atoms with Crippen molar-refractivity contribution in [2.24, 2.45) is 5.92 Å². The summed E-state index contributed by atoms with van der Waals surface area (Å²) in [5.74, 6) is 1.03. The molecule has 142 valence electrons. The number of nitrogens with zero attached hydrogens (tertiary/aromatic N) is 3. The van der Waals surface area contributed by atoms with Crippen molar-refractivity contribution >= 4 is 5.91 Å². The molecular weight excluding hydrogens is 324 g/mol. The van der Waals surface area contributed by atoms with Crippen LogP contribution in [-0.4, -0.2) is 46.3 Å². The van der Waals surface area contributed by atoms with Crippen molar-refractivity contribution < 1.29 is 4.79 Å². The lowest BCUT2D eigenvalue weighted by Gasteiger charge is -2.25. The van der Waals surface area contributed by atoms with Crippen LogP contribution in [-0.2, 0) is 19.4 Å². The SMILES string of the molecule is C=CCn1nc(C(=O)N2CCCCCC2)c2c1CCC(NCC1CC1)C2. The Labute approximate surface area is 156 Å². The van der Waals surface area contributed by atoms with Gasteiger partial charge in [-0.25, -0.2) is 0 Å². The molecule has 5 heteroatoms. The van der Waals surface area contributed by atoms with Gasteiger partial charge in [-0.3, -0.25) is 9.48 Å². The molecule has 1 aromatic rings. The summed E-state index contributed by atoms with van der Waals surface area (Å²) in [5, 5.41) is 8.50. The monoisotopic (exact) mass is 356 g/mol. The largest absolute Gasteiger partial charge is 0.337 e. The van der Waals surface area contributed by atoms with Crippen molar-refractivity contribution in [1.29, 1.82) is 0 Å². The summed E-state index contributed by atoms with van der Waals surface area (Å²) in [7, 11) is 0. The lowest BCUT2D eigenvalue weighted by molar-refractivity contribution is 0.0753. The van der Waals surface area contributed by atoms with E-state index in [2.05, 4.69) is 11.9 Å². The fraction of sp³-hybridized carbons (Fsp3) is 0.714. The van der Waals surface area contributed by atoms with Gasteiger partial charge in [0, 0.05) is 30.4 Å². The number of hydrogen-bond donors (Lipinski definition) is 1. The topological polar surface area (TPSA) is 50.2 Å². The van der Waals surface area contributed by atoms with Gasteiger partial charge in [0.15, 0.2) is 5.69 Å². The van der Waals surface area contributed by atoms with Gasteiger partial charge in [0.2, 0.25) is 0 Å². The van der Waals surface area contributed by atoms with E-state index in [1.54, 1.807) is 0 Å². The molecule has 5 nitrogen and oxygen atoms in total. The molecule has 0 radical (unpaired) electrons. The Kier molecular flexibility index (Phi) is 5.44. The Morgan fingerprint density at radius 1 is 1.19 bits per heavy atom. The second-order valence-electron chi connectivity index (χ2n) is 8.24. The van der Waals surface area contributed by atoms with E-state index >= 15 is 0 Å². The Hall–Kier alpha value is -1.62. The number of carbonyl (C=O) groups is 1. The van der Waals surface area contributed by atoms with Gasteiger partial charge in [0.25, 0.3) is 5.91 Å². The molecular formula is C21H32N4O. The van der Waals surface area contributed by atoms with Crippen molar-refractivity contribution in [1.82, 2.24) is 20.0 Å². The Bertz CT molecular complexity index is 653. The molecule has 4 rings (SSSR count). The second kappa shape index (κ2) is 7.95. The van der Waals surface area contributed by atoms with Gasteiger partial charge in [-0.05, 0) is 57.4 Å². The van der Waals surface area contributed by atoms with Crippen LogP contribution in [0.3, 0.4) is 0 Å². The smallest absolute Gasteiger partial charge is 0.274 e. The summed E-state index contributed by atoms with van der Waals surface area (Å²) >= 11 is 0. The highest BCUT2D eigenvalue weighted by atomic mass is 16.2. The maximum Gasteiger partial charge on any atom is 0.274 e. The molecule has 26 heavy (non-hydrogen) atoms. The Morgan fingerprint density at radius 2 is 1.96 bits per heavy atom. The summed E-state index contributed by atoms with van der Waals surface area (Å²) in [4.78, 5) is 15.3. The highest BCUT2D eigenvalue weighted by Gasteiger charge is 2.32. The van der Waals surface area contributed by atoms with Crippen LogP contribution in [0.25, 0.3) is 0 Å². The molecule has 0 spiro atoms. The Balaban J connectivity index is 1.55. The average Bonchev–Trinajstić information content (AvgIpc) is 3.46. The van der Waals surface area contributed by atoms with Gasteiger partial charge < -0.3 is 10.2 Å². The zero-order chi connectivity index (χ0) is 17.9. The summed E-state index contributed by atoms with van der Waals surface area (Å²) in [6, 6.07) is 0.486. The van der Waals surface area contributed by atoms with Gasteiger partial charge in [-0.15, -0.1) is 6.58 Å². The molecule has 0 bridgehead atoms. The first-order chi connectivity index (χ1) is 12.8. The molecule has 1 aliphatic heterocycles. The molecule has 1 N–H and O–H groups in total. The molecule has 1 unspecified atom stereocenters. The zero-order valence-electron chi connectivity index (χ0n) is 15.9. The molecule has 1 saturated heterocycles. The number of allylic oxidation sites excluding steroid dienone is 1. The van der Waals surface area contributed by atoms with Crippen molar-refractivity contribution in [2.45, 2.75) is 70.4 Å². The van der Waals surface area contributed by atoms with E-state index in [0.29, 0.717) is 18.3 Å². The van der Waals surface area contributed by atoms with Crippen LogP contribution in [0, 0.1) is 5.92 Å². The van der Waals surface area contributed by atoms with Gasteiger partial charge in [0.05, 0.1) is 6.54 Å². The van der Waals surface area contributed by atoms with E-state index in [1.807, 2.05) is 15.7 Å². The van der Waals surface area contributed by atoms with E-state index in [1.165, 1.54) is 36.9 Å². The minimum atomic E-state index is 0.147. The predicted molar refractivity (Wildman–Crippen MR) is 103 cm³/mol. The summed E-state index contributed by atoms with van der Waals surface area (Å²) < 4.78 is 2.02. The summed E-state index contributed by atoms with van der Waals surface area (Å²) in [6.45, 7) is 7.45. The first kappa shape index (κ1) is 17.8. The molecule has 3 aliphatic rings. The molecule has 1 amide bonds. The number of amides is 1. The number of fused-ring (bicyclic) bond motifs is 1. The van der Waals surface area contributed by atoms with Crippen molar-refractivity contribution in [3.05, 3.63) is 29.6 Å². The number of aromatic nitrogens is 2. The number of likely N-dealkylation sites (tertiary alicyclic amines) is 1. The van der Waals surface area contributed by atoms with E-state index in [4.69, 9.17) is 5.10 Å². The third-order valence-corrected chi connectivity index (χ3v) is 6.14. The lowest BCUT2D eigenvalue weighted by atomic mass is 9.91. The third-order valence-electron chi connectivity index (χ3n) is 6.14. The first-order valence-corrected chi connectivity index (χ1v) is 10.5. The zero-order valence-corrected chi connectivity index (χ0v) is 15.9. The van der Waals surface area contributed by atoms with Crippen LogP contribution in [0.2, 0.25) is 0 Å². The summed E-state index contributed by atoms with van der Waals surface area (Å²) in [5.41, 5.74) is 3.16. The second-order valence-corrected chi connectivity index (χ2v) is 8.24. The highest BCUT2D eigenvalue weighted by molar-refractivity contribution is 5.94. The summed E-state index contributed by atoms with van der Waals surface area (Å²) in [6.07, 6.45) is 12.4. The van der Waals surface area contributed by atoms with Crippen molar-refractivity contribution in [3.8, 4) is 0 Å². The quantitative estimate of drug-likeness (QED) is 0.797. The number of rotatable bonds is 6. The fourth-order valence-electron chi connectivity index (χ4n) is 4.39. The molecule has 2 aliphatic carbocycles. The maximum atomic E-state index is 13.2. The van der Waals surface area contributed by atoms with Gasteiger partial charge in [0.1, 0.15) is 0 Å². The molecule has 2 heterocycles. The number of carbonyl (C=O) groups excluding carboxylic acids is 1. The molecule has 1 aromatic heterocycles. The minimum absolute atomic E-state index is 0.147. The van der Waals surface area contributed by atoms with E-state index in [9.17, 15) is 4.79 Å². The van der Waals surface area contributed by atoms with Crippen LogP contribution >= 0.6 is 0 Å².